The summed E-state index contributed by atoms with van der Waals surface area (Å²) in [4.78, 5) is 16.9. The quantitative estimate of drug-likeness (QED) is 0.558. The molecule has 0 aliphatic carbocycles. The van der Waals surface area contributed by atoms with Crippen LogP contribution in [0, 0.1) is 0 Å². The first-order chi connectivity index (χ1) is 14.5. The number of benzene rings is 2. The number of imidazole rings is 1. The molecule has 7 heteroatoms. The van der Waals surface area contributed by atoms with Crippen LogP contribution in [0.3, 0.4) is 0 Å². The number of hydrogen-bond donors (Lipinski definition) is 1. The van der Waals surface area contributed by atoms with Gasteiger partial charge >= 0.3 is 0 Å². The fourth-order valence-electron chi connectivity index (χ4n) is 3.29. The normalized spacial score (nSPS) is 13.5. The Morgan fingerprint density at radius 2 is 1.83 bits per heavy atom. The van der Waals surface area contributed by atoms with Gasteiger partial charge in [-0.15, -0.1) is 0 Å². The Hall–Kier alpha value is -2.93. The van der Waals surface area contributed by atoms with Gasteiger partial charge in [-0.25, -0.2) is 4.98 Å². The molecule has 0 saturated carbocycles. The van der Waals surface area contributed by atoms with E-state index in [4.69, 9.17) is 9.47 Å². The van der Waals surface area contributed by atoms with E-state index < -0.39 is 0 Å². The number of ether oxygens (including phenoxy) is 2. The molecule has 4 rings (SSSR count). The minimum absolute atomic E-state index is 0.0464. The summed E-state index contributed by atoms with van der Waals surface area (Å²) in [6.07, 6.45) is 3.67. The lowest BCUT2D eigenvalue weighted by Gasteiger charge is -2.15. The first-order valence-electron chi connectivity index (χ1n) is 9.96. The Kier molecular flexibility index (Phi) is 5.99. The predicted molar refractivity (Wildman–Crippen MR) is 117 cm³/mol. The Balaban J connectivity index is 1.36. The van der Waals surface area contributed by atoms with Crippen LogP contribution in [-0.2, 0) is 4.79 Å². The average molecular weight is 424 g/mol. The number of amides is 1. The standard InChI is InChI=1S/C23H25N3O3S/c1-15(2)17-4-7-19(8-5-17)26-11-10-24-23(26)30-13-22(27)25-16(3)18-6-9-20-21(12-18)29-14-28-20/h4-12,15-16H,13-14H2,1-3H3,(H,25,27)/t16-/m0/s1. The van der Waals surface area contributed by atoms with E-state index in [-0.39, 0.29) is 24.5 Å². The Labute approximate surface area is 180 Å². The van der Waals surface area contributed by atoms with E-state index in [9.17, 15) is 4.79 Å². The Morgan fingerprint density at radius 3 is 2.60 bits per heavy atom. The number of thioether (sulfide) groups is 1. The summed E-state index contributed by atoms with van der Waals surface area (Å²) in [5.74, 6) is 2.19. The van der Waals surface area contributed by atoms with Gasteiger partial charge in [0.15, 0.2) is 16.7 Å². The third-order valence-electron chi connectivity index (χ3n) is 5.05. The van der Waals surface area contributed by atoms with Crippen molar-refractivity contribution in [3.05, 3.63) is 66.0 Å². The maximum atomic E-state index is 12.5. The molecule has 0 spiro atoms. The number of aromatic nitrogens is 2. The molecule has 0 fully saturated rings. The van der Waals surface area contributed by atoms with Crippen LogP contribution in [0.15, 0.2) is 60.0 Å². The Morgan fingerprint density at radius 1 is 1.10 bits per heavy atom. The third-order valence-corrected chi connectivity index (χ3v) is 6.02. The van der Waals surface area contributed by atoms with Gasteiger partial charge in [0, 0.05) is 18.1 Å². The van der Waals surface area contributed by atoms with Gasteiger partial charge in [-0.1, -0.05) is 43.8 Å². The molecule has 0 radical (unpaired) electrons. The van der Waals surface area contributed by atoms with E-state index >= 15 is 0 Å². The summed E-state index contributed by atoms with van der Waals surface area (Å²) in [6.45, 7) is 6.55. The number of rotatable bonds is 7. The molecule has 2 heterocycles. The number of nitrogens with zero attached hydrogens (tertiary/aromatic N) is 2. The molecule has 1 amide bonds. The summed E-state index contributed by atoms with van der Waals surface area (Å²) < 4.78 is 12.8. The van der Waals surface area contributed by atoms with Crippen molar-refractivity contribution in [2.75, 3.05) is 12.5 Å². The van der Waals surface area contributed by atoms with Crippen molar-refractivity contribution in [2.45, 2.75) is 37.9 Å². The van der Waals surface area contributed by atoms with Gasteiger partial charge in [0.05, 0.1) is 11.8 Å². The molecule has 1 aliphatic rings. The van der Waals surface area contributed by atoms with Crippen molar-refractivity contribution in [2.24, 2.45) is 0 Å². The smallest absolute Gasteiger partial charge is 0.231 e. The number of fused-ring (bicyclic) bond motifs is 1. The van der Waals surface area contributed by atoms with Gasteiger partial charge in [-0.3, -0.25) is 9.36 Å². The van der Waals surface area contributed by atoms with Crippen molar-refractivity contribution in [3.8, 4) is 17.2 Å². The van der Waals surface area contributed by atoms with E-state index in [1.807, 2.05) is 35.9 Å². The molecular formula is C23H25N3O3S. The van der Waals surface area contributed by atoms with Gasteiger partial charge < -0.3 is 14.8 Å². The largest absolute Gasteiger partial charge is 0.454 e. The topological polar surface area (TPSA) is 65.4 Å². The molecule has 30 heavy (non-hydrogen) atoms. The molecule has 0 saturated heterocycles. The zero-order valence-corrected chi connectivity index (χ0v) is 18.1. The fraction of sp³-hybridized carbons (Fsp3) is 0.304. The van der Waals surface area contributed by atoms with Crippen LogP contribution in [0.5, 0.6) is 11.5 Å². The van der Waals surface area contributed by atoms with Crippen molar-refractivity contribution in [1.29, 1.82) is 0 Å². The first kappa shape index (κ1) is 20.3. The highest BCUT2D eigenvalue weighted by Crippen LogP contribution is 2.34. The highest BCUT2D eigenvalue weighted by atomic mass is 32.2. The molecule has 1 aliphatic heterocycles. The maximum Gasteiger partial charge on any atom is 0.231 e. The summed E-state index contributed by atoms with van der Waals surface area (Å²) >= 11 is 1.42. The highest BCUT2D eigenvalue weighted by Gasteiger charge is 2.17. The van der Waals surface area contributed by atoms with Crippen LogP contribution in [0.1, 0.15) is 43.9 Å². The molecule has 6 nitrogen and oxygen atoms in total. The summed E-state index contributed by atoms with van der Waals surface area (Å²) in [5, 5.41) is 3.83. The van der Waals surface area contributed by atoms with Gasteiger partial charge in [-0.05, 0) is 48.2 Å². The van der Waals surface area contributed by atoms with Crippen LogP contribution in [0.25, 0.3) is 5.69 Å². The van der Waals surface area contributed by atoms with Crippen LogP contribution in [-0.4, -0.2) is 28.0 Å². The lowest BCUT2D eigenvalue weighted by atomic mass is 10.0. The zero-order chi connectivity index (χ0) is 21.1. The molecular weight excluding hydrogens is 398 g/mol. The molecule has 1 N–H and O–H groups in total. The predicted octanol–water partition coefficient (Wildman–Crippen LogP) is 4.69. The number of carbonyl (C=O) groups is 1. The SMILES string of the molecule is CC(C)c1ccc(-n2ccnc2SCC(=O)N[C@@H](C)c2ccc3c(c2)OCO3)cc1. The minimum atomic E-state index is -0.129. The van der Waals surface area contributed by atoms with E-state index in [2.05, 4.69) is 48.4 Å². The second kappa shape index (κ2) is 8.83. The van der Waals surface area contributed by atoms with Crippen molar-refractivity contribution < 1.29 is 14.3 Å². The van der Waals surface area contributed by atoms with Crippen molar-refractivity contribution in [3.63, 3.8) is 0 Å². The van der Waals surface area contributed by atoms with E-state index in [1.54, 1.807) is 6.20 Å². The molecule has 156 valence electrons. The molecule has 0 bridgehead atoms. The van der Waals surface area contributed by atoms with Crippen LogP contribution >= 0.6 is 11.8 Å². The van der Waals surface area contributed by atoms with Crippen LogP contribution < -0.4 is 14.8 Å². The second-order valence-electron chi connectivity index (χ2n) is 7.52. The summed E-state index contributed by atoms with van der Waals surface area (Å²) in [6, 6.07) is 14.0. The molecule has 1 atom stereocenters. The maximum absolute atomic E-state index is 12.5. The summed E-state index contributed by atoms with van der Waals surface area (Å²) in [7, 11) is 0. The molecule has 3 aromatic rings. The van der Waals surface area contributed by atoms with Gasteiger partial charge in [0.25, 0.3) is 0 Å². The lowest BCUT2D eigenvalue weighted by molar-refractivity contribution is -0.119. The van der Waals surface area contributed by atoms with Crippen molar-refractivity contribution in [1.82, 2.24) is 14.9 Å². The first-order valence-corrected chi connectivity index (χ1v) is 10.9. The van der Waals surface area contributed by atoms with Crippen molar-refractivity contribution >= 4 is 17.7 Å². The van der Waals surface area contributed by atoms with Gasteiger partial charge in [-0.2, -0.15) is 0 Å². The van der Waals surface area contributed by atoms with Gasteiger partial charge in [0.2, 0.25) is 12.7 Å². The minimum Gasteiger partial charge on any atom is -0.454 e. The van der Waals surface area contributed by atoms with E-state index in [0.29, 0.717) is 11.7 Å². The van der Waals surface area contributed by atoms with Crippen LogP contribution in [0.4, 0.5) is 0 Å². The Bertz CT molecular complexity index is 1030. The summed E-state index contributed by atoms with van der Waals surface area (Å²) in [5.41, 5.74) is 3.31. The zero-order valence-electron chi connectivity index (χ0n) is 17.3. The molecule has 1 aromatic heterocycles. The number of hydrogen-bond acceptors (Lipinski definition) is 5. The highest BCUT2D eigenvalue weighted by molar-refractivity contribution is 7.99. The monoisotopic (exact) mass is 423 g/mol. The molecule has 0 unspecified atom stereocenters. The number of carbonyl (C=O) groups excluding carboxylic acids is 1. The fourth-order valence-corrected chi connectivity index (χ4v) is 4.08. The van der Waals surface area contributed by atoms with E-state index in [1.165, 1.54) is 17.3 Å². The number of nitrogens with one attached hydrogen (secondary N) is 1. The van der Waals surface area contributed by atoms with E-state index in [0.717, 1.165) is 22.2 Å². The third kappa shape index (κ3) is 4.46. The average Bonchev–Trinajstić information content (AvgIpc) is 3.41. The molecule has 2 aromatic carbocycles. The van der Waals surface area contributed by atoms with Gasteiger partial charge in [0.1, 0.15) is 0 Å². The second-order valence-corrected chi connectivity index (χ2v) is 8.46. The van der Waals surface area contributed by atoms with Crippen LogP contribution in [0.2, 0.25) is 0 Å². The lowest BCUT2D eigenvalue weighted by Crippen LogP contribution is -2.28.